The van der Waals surface area contributed by atoms with Crippen LogP contribution in [0.3, 0.4) is 0 Å². The Morgan fingerprint density at radius 2 is 2.10 bits per heavy atom. The molecule has 0 radical (unpaired) electrons. The van der Waals surface area contributed by atoms with E-state index in [0.717, 1.165) is 10.0 Å². The Morgan fingerprint density at radius 3 is 2.65 bits per heavy atom. The lowest BCUT2D eigenvalue weighted by molar-refractivity contribution is 0.0892. The molecular formula is C14H19N3O2S. The normalized spacial score (nSPS) is 12.7. The minimum atomic E-state index is -0.251. The maximum absolute atomic E-state index is 12.2. The molecule has 2 rings (SSSR count). The summed E-state index contributed by atoms with van der Waals surface area (Å²) in [5.41, 5.74) is 0.429. The van der Waals surface area contributed by atoms with E-state index in [1.807, 2.05) is 49.9 Å². The van der Waals surface area contributed by atoms with Crippen molar-refractivity contribution < 1.29 is 9.90 Å². The van der Waals surface area contributed by atoms with Crippen LogP contribution in [-0.4, -0.2) is 33.2 Å². The van der Waals surface area contributed by atoms with Gasteiger partial charge < -0.3 is 15.0 Å². The van der Waals surface area contributed by atoms with E-state index in [2.05, 4.69) is 10.3 Å². The van der Waals surface area contributed by atoms with Gasteiger partial charge in [-0.1, -0.05) is 13.8 Å². The predicted molar refractivity (Wildman–Crippen MR) is 79.4 cm³/mol. The van der Waals surface area contributed by atoms with Crippen LogP contribution in [0.5, 0.6) is 0 Å². The minimum absolute atomic E-state index is 0.0724. The van der Waals surface area contributed by atoms with Gasteiger partial charge in [-0.3, -0.25) is 4.79 Å². The Balaban J connectivity index is 2.18. The van der Waals surface area contributed by atoms with Gasteiger partial charge in [0.05, 0.1) is 12.6 Å². The zero-order valence-electron chi connectivity index (χ0n) is 11.8. The molecule has 2 aromatic rings. The van der Waals surface area contributed by atoms with Crippen molar-refractivity contribution >= 4 is 17.2 Å². The highest BCUT2D eigenvalue weighted by Crippen LogP contribution is 2.21. The summed E-state index contributed by atoms with van der Waals surface area (Å²) in [6, 6.07) is 3.58. The molecule has 2 aromatic heterocycles. The maximum Gasteiger partial charge on any atom is 0.271 e. The summed E-state index contributed by atoms with van der Waals surface area (Å²) in [5.74, 6) is -0.0586. The number of nitrogens with one attached hydrogen (secondary N) is 1. The lowest BCUT2D eigenvalue weighted by Crippen LogP contribution is -2.41. The van der Waals surface area contributed by atoms with E-state index in [-0.39, 0.29) is 24.5 Å². The van der Waals surface area contributed by atoms with Crippen LogP contribution in [-0.2, 0) is 0 Å². The van der Waals surface area contributed by atoms with Crippen LogP contribution in [0.4, 0.5) is 0 Å². The van der Waals surface area contributed by atoms with Gasteiger partial charge in [-0.2, -0.15) is 0 Å². The van der Waals surface area contributed by atoms with Crippen molar-refractivity contribution in [2.24, 2.45) is 5.92 Å². The number of rotatable bonds is 5. The van der Waals surface area contributed by atoms with Crippen molar-refractivity contribution in [1.82, 2.24) is 14.9 Å². The third-order valence-corrected chi connectivity index (χ3v) is 4.13. The SMILES string of the molecule is Cc1sc(-n2cccc2)nc1C(=O)NC(CO)C(C)C. The van der Waals surface area contributed by atoms with Gasteiger partial charge in [-0.15, -0.1) is 11.3 Å². The van der Waals surface area contributed by atoms with Crippen molar-refractivity contribution in [3.05, 3.63) is 35.1 Å². The second-order valence-electron chi connectivity index (χ2n) is 5.00. The largest absolute Gasteiger partial charge is 0.394 e. The van der Waals surface area contributed by atoms with E-state index in [0.29, 0.717) is 5.69 Å². The number of aliphatic hydroxyl groups excluding tert-OH is 1. The summed E-state index contributed by atoms with van der Waals surface area (Å²) < 4.78 is 1.88. The quantitative estimate of drug-likeness (QED) is 0.886. The van der Waals surface area contributed by atoms with Crippen molar-refractivity contribution in [2.45, 2.75) is 26.8 Å². The lowest BCUT2D eigenvalue weighted by atomic mass is 10.1. The minimum Gasteiger partial charge on any atom is -0.394 e. The highest BCUT2D eigenvalue weighted by atomic mass is 32.1. The number of hydrogen-bond donors (Lipinski definition) is 2. The molecule has 6 heteroatoms. The van der Waals surface area contributed by atoms with Gasteiger partial charge in [0, 0.05) is 17.3 Å². The van der Waals surface area contributed by atoms with Gasteiger partial charge in [0.15, 0.2) is 5.13 Å². The molecule has 2 heterocycles. The van der Waals surface area contributed by atoms with E-state index in [4.69, 9.17) is 0 Å². The van der Waals surface area contributed by atoms with E-state index < -0.39 is 0 Å². The van der Waals surface area contributed by atoms with E-state index in [9.17, 15) is 9.90 Å². The second kappa shape index (κ2) is 6.19. The fraction of sp³-hybridized carbons (Fsp3) is 0.429. The summed E-state index contributed by atoms with van der Waals surface area (Å²) in [7, 11) is 0. The van der Waals surface area contributed by atoms with Crippen LogP contribution in [0, 0.1) is 12.8 Å². The molecule has 0 saturated heterocycles. The zero-order valence-corrected chi connectivity index (χ0v) is 12.6. The molecule has 0 spiro atoms. The van der Waals surface area contributed by atoms with Gasteiger partial charge in [-0.25, -0.2) is 4.98 Å². The third-order valence-electron chi connectivity index (χ3n) is 3.14. The average molecular weight is 293 g/mol. The smallest absolute Gasteiger partial charge is 0.271 e. The molecular weight excluding hydrogens is 274 g/mol. The molecule has 0 aliphatic rings. The van der Waals surface area contributed by atoms with Crippen molar-refractivity contribution in [3.63, 3.8) is 0 Å². The molecule has 0 aliphatic carbocycles. The number of hydrogen-bond acceptors (Lipinski definition) is 4. The standard InChI is InChI=1S/C14H19N3O2S/c1-9(2)11(8-18)15-13(19)12-10(3)20-14(16-12)17-6-4-5-7-17/h4-7,9,11,18H,8H2,1-3H3,(H,15,19). The van der Waals surface area contributed by atoms with Gasteiger partial charge in [0.1, 0.15) is 5.69 Å². The maximum atomic E-state index is 12.2. The van der Waals surface area contributed by atoms with Crippen LogP contribution in [0.2, 0.25) is 0 Å². The summed E-state index contributed by atoms with van der Waals surface area (Å²) in [6.45, 7) is 5.72. The monoisotopic (exact) mass is 293 g/mol. The third kappa shape index (κ3) is 3.08. The van der Waals surface area contributed by atoms with Crippen LogP contribution < -0.4 is 5.32 Å². The zero-order chi connectivity index (χ0) is 14.7. The van der Waals surface area contributed by atoms with E-state index in [1.165, 1.54) is 11.3 Å². The van der Waals surface area contributed by atoms with Gasteiger partial charge >= 0.3 is 0 Å². The number of carbonyl (C=O) groups excluding carboxylic acids is 1. The van der Waals surface area contributed by atoms with Crippen LogP contribution in [0.15, 0.2) is 24.5 Å². The van der Waals surface area contributed by atoms with Crippen molar-refractivity contribution in [1.29, 1.82) is 0 Å². The number of thiazole rings is 1. The summed E-state index contributed by atoms with van der Waals surface area (Å²) in [5, 5.41) is 12.9. The summed E-state index contributed by atoms with van der Waals surface area (Å²) in [4.78, 5) is 17.5. The molecule has 0 fully saturated rings. The molecule has 2 N–H and O–H groups in total. The molecule has 1 amide bonds. The number of aromatic nitrogens is 2. The highest BCUT2D eigenvalue weighted by Gasteiger charge is 2.20. The Kier molecular flexibility index (Phi) is 4.57. The Hall–Kier alpha value is -1.66. The van der Waals surface area contributed by atoms with E-state index in [1.54, 1.807) is 0 Å². The topological polar surface area (TPSA) is 67.2 Å². The molecule has 1 unspecified atom stereocenters. The molecule has 5 nitrogen and oxygen atoms in total. The summed E-state index contributed by atoms with van der Waals surface area (Å²) >= 11 is 1.47. The molecule has 20 heavy (non-hydrogen) atoms. The predicted octanol–water partition coefficient (Wildman–Crippen LogP) is 1.99. The van der Waals surface area contributed by atoms with Crippen LogP contribution in [0.25, 0.3) is 5.13 Å². The Labute approximate surface area is 122 Å². The van der Waals surface area contributed by atoms with Gasteiger partial charge in [-0.05, 0) is 25.0 Å². The molecule has 0 aromatic carbocycles. The fourth-order valence-corrected chi connectivity index (χ4v) is 2.70. The van der Waals surface area contributed by atoms with Crippen molar-refractivity contribution in [3.8, 4) is 5.13 Å². The van der Waals surface area contributed by atoms with E-state index >= 15 is 0 Å². The molecule has 108 valence electrons. The first-order valence-electron chi connectivity index (χ1n) is 6.55. The Bertz CT molecular complexity index is 575. The van der Waals surface area contributed by atoms with Crippen LogP contribution in [0.1, 0.15) is 29.2 Å². The molecule has 0 aliphatic heterocycles. The number of amides is 1. The first-order valence-corrected chi connectivity index (χ1v) is 7.37. The fourth-order valence-electron chi connectivity index (χ4n) is 1.83. The molecule has 1 atom stereocenters. The lowest BCUT2D eigenvalue weighted by Gasteiger charge is -2.19. The number of nitrogens with zero attached hydrogens (tertiary/aromatic N) is 2. The average Bonchev–Trinajstić information content (AvgIpc) is 3.03. The number of aliphatic hydroxyl groups is 1. The summed E-state index contributed by atoms with van der Waals surface area (Å²) in [6.07, 6.45) is 3.79. The first-order chi connectivity index (χ1) is 9.52. The highest BCUT2D eigenvalue weighted by molar-refractivity contribution is 7.14. The molecule has 0 bridgehead atoms. The first kappa shape index (κ1) is 14.7. The van der Waals surface area contributed by atoms with Crippen LogP contribution >= 0.6 is 11.3 Å². The van der Waals surface area contributed by atoms with Gasteiger partial charge in [0.2, 0.25) is 0 Å². The Morgan fingerprint density at radius 1 is 1.45 bits per heavy atom. The number of aryl methyl sites for hydroxylation is 1. The molecule has 0 saturated carbocycles. The van der Waals surface area contributed by atoms with Gasteiger partial charge in [0.25, 0.3) is 5.91 Å². The van der Waals surface area contributed by atoms with Crippen molar-refractivity contribution in [2.75, 3.05) is 6.61 Å². The number of carbonyl (C=O) groups is 1. The second-order valence-corrected chi connectivity index (χ2v) is 6.18.